The Hall–Kier alpha value is -0.150. The van der Waals surface area contributed by atoms with Crippen molar-refractivity contribution in [2.75, 3.05) is 0 Å². The third-order valence-electron chi connectivity index (χ3n) is 1.01. The van der Waals surface area contributed by atoms with E-state index in [1.807, 2.05) is 12.1 Å². The molecule has 0 atom stereocenters. The van der Waals surface area contributed by atoms with Gasteiger partial charge in [-0.1, -0.05) is 0 Å². The molecule has 0 aliphatic rings. The van der Waals surface area contributed by atoms with E-state index in [2.05, 4.69) is 0 Å². The summed E-state index contributed by atoms with van der Waals surface area (Å²) in [4.78, 5) is 0. The number of halogens is 1. The van der Waals surface area contributed by atoms with Crippen LogP contribution in [-0.2, 0) is 0 Å². The van der Waals surface area contributed by atoms with Crippen LogP contribution in [0.4, 0.5) is 4.39 Å². The minimum Gasteiger partial charge on any atom is -0.412 e. The third kappa shape index (κ3) is 128. The van der Waals surface area contributed by atoms with Crippen LogP contribution in [0.25, 0.3) is 0 Å². The molecule has 1 aromatic rings. The Kier molecular flexibility index (Phi) is 46.1. The van der Waals surface area contributed by atoms with Gasteiger partial charge >= 0.3 is 94.5 Å². The largest absolute Gasteiger partial charge is 0.631 e. The van der Waals surface area contributed by atoms with E-state index in [0.29, 0.717) is 0 Å². The van der Waals surface area contributed by atoms with Crippen molar-refractivity contribution in [2.45, 2.75) is 0 Å². The first-order valence-electron chi connectivity index (χ1n) is 5.61. The van der Waals surface area contributed by atoms with Gasteiger partial charge in [-0.15, -0.1) is 0 Å². The van der Waals surface area contributed by atoms with Gasteiger partial charge in [0, 0.05) is 0 Å². The fraction of sp³-hybridized carbons (Fsp3) is 0. The van der Waals surface area contributed by atoms with Gasteiger partial charge in [-0.2, -0.15) is 0 Å². The smallest absolute Gasteiger partial charge is 0.412 e. The average molecular weight is 401 g/mol. The standard InChI is InChI=1S/C6H4F.4BH3O3.Na.2H2O/c7-6-4-2-1-3-5-6;4*2-1(3)4;;;/h2-5H;4*2-4H;;2*1H2. The maximum absolute atomic E-state index is 12.1. The molecule has 1 rings (SSSR count). The van der Waals surface area contributed by atoms with E-state index in [1.165, 1.54) is 14.9 Å². The molecule has 148 valence electrons. The second kappa shape index (κ2) is 29.6. The maximum Gasteiger partial charge on any atom is 0.631 e. The maximum atomic E-state index is 12.1. The van der Waals surface area contributed by atoms with E-state index >= 15 is 0 Å². The van der Waals surface area contributed by atoms with E-state index < -0.39 is 29.3 Å². The monoisotopic (exact) mass is 402 g/mol. The topological polar surface area (TPSA) is 306 Å². The van der Waals surface area contributed by atoms with Crippen LogP contribution in [-0.4, -0.2) is 128 Å². The van der Waals surface area contributed by atoms with Crippen LogP contribution in [0.2, 0.25) is 0 Å². The molecule has 0 aromatic heterocycles. The van der Waals surface area contributed by atoms with E-state index in [9.17, 15) is 4.39 Å². The molecule has 14 nitrogen and oxygen atoms in total. The summed E-state index contributed by atoms with van der Waals surface area (Å²) < 4.78 is 13.3. The molecule has 0 bridgehead atoms. The molecule has 0 fully saturated rings. The molecule has 0 saturated carbocycles. The fourth-order valence-electron chi connectivity index (χ4n) is 0.533. The Bertz CT molecular complexity index is 291. The molecule has 0 aliphatic carbocycles. The number of benzene rings is 1. The first-order valence-corrected chi connectivity index (χ1v) is 6.61. The van der Waals surface area contributed by atoms with Crippen LogP contribution in [0.5, 0.6) is 0 Å². The summed E-state index contributed by atoms with van der Waals surface area (Å²) in [5.41, 5.74) is 0. The van der Waals surface area contributed by atoms with Gasteiger partial charge in [0.15, 0.2) is 0 Å². The van der Waals surface area contributed by atoms with Gasteiger partial charge in [-0.25, -0.2) is 0 Å². The molecular formula is C6H20B4FNaO14. The Morgan fingerprint density at radius 2 is 0.692 bits per heavy atom. The van der Waals surface area contributed by atoms with Gasteiger partial charge in [0.25, 0.3) is 0 Å². The summed E-state index contributed by atoms with van der Waals surface area (Å²) in [6.45, 7) is 0. The van der Waals surface area contributed by atoms with Crippen molar-refractivity contribution in [1.82, 2.24) is 0 Å². The third-order valence-corrected chi connectivity index (χ3v) is 1.68. The van der Waals surface area contributed by atoms with E-state index in [-0.39, 0.29) is 16.8 Å². The molecule has 0 saturated heterocycles. The van der Waals surface area contributed by atoms with Crippen LogP contribution in [0, 0.1) is 5.82 Å². The number of hydrogen-bond donors (Lipinski definition) is 12. The molecular weight excluding hydrogens is 381 g/mol. The molecule has 0 spiro atoms. The Morgan fingerprint density at radius 1 is 0.538 bits per heavy atom. The second-order valence-electron chi connectivity index (χ2n) is 3.18. The normalized spacial score (nSPS) is 7.04. The minimum atomic E-state index is -2.17. The van der Waals surface area contributed by atoms with Crippen LogP contribution in [0.3, 0.4) is 0 Å². The van der Waals surface area contributed by atoms with Gasteiger partial charge in [-0.05, 0) is 0 Å². The molecule has 0 amide bonds. The van der Waals surface area contributed by atoms with Crippen molar-refractivity contribution in [3.8, 4) is 0 Å². The van der Waals surface area contributed by atoms with Crippen LogP contribution >= 0.6 is 0 Å². The van der Waals surface area contributed by atoms with Crippen LogP contribution < -0.4 is 2.81 Å². The molecule has 0 heterocycles. The van der Waals surface area contributed by atoms with E-state index in [4.69, 9.17) is 60.3 Å². The Morgan fingerprint density at radius 3 is 0.808 bits per heavy atom. The predicted octanol–water partition coefficient (Wildman–Crippen LogP) is -9.24. The fourth-order valence-corrected chi connectivity index (χ4v) is 0.867. The van der Waals surface area contributed by atoms with Gasteiger partial charge in [-0.3, -0.25) is 0 Å². The molecule has 16 N–H and O–H groups in total. The SMILES string of the molecule is Fc1cc[c]([Na])cc1.O.O.OB(O)O.OB(O)O.OB(O)O.OB(O)O. The van der Waals surface area contributed by atoms with Crippen molar-refractivity contribution in [3.05, 3.63) is 30.1 Å². The zero-order valence-electron chi connectivity index (χ0n) is 13.4. The van der Waals surface area contributed by atoms with Gasteiger partial charge in [0.2, 0.25) is 0 Å². The van der Waals surface area contributed by atoms with Crippen LogP contribution in [0.1, 0.15) is 0 Å². The first-order chi connectivity index (χ1) is 10.7. The van der Waals surface area contributed by atoms with Crippen molar-refractivity contribution < 1.29 is 75.6 Å². The van der Waals surface area contributed by atoms with Gasteiger partial charge < -0.3 is 71.2 Å². The molecule has 0 radical (unpaired) electrons. The zero-order valence-corrected chi connectivity index (χ0v) is 15.4. The number of rotatable bonds is 0. The van der Waals surface area contributed by atoms with Crippen molar-refractivity contribution >= 4 is 60.0 Å². The molecule has 20 heteroatoms. The zero-order chi connectivity index (χ0) is 20.3. The Labute approximate surface area is 165 Å². The second-order valence-corrected chi connectivity index (χ2v) is 4.34. The van der Waals surface area contributed by atoms with E-state index in [0.717, 1.165) is 27.9 Å². The number of hydrogen-bond acceptors (Lipinski definition) is 12. The average Bonchev–Trinajstić information content (AvgIpc) is 2.30. The van der Waals surface area contributed by atoms with Crippen molar-refractivity contribution in [2.24, 2.45) is 0 Å². The van der Waals surface area contributed by atoms with Gasteiger partial charge in [0.1, 0.15) is 0 Å². The quantitative estimate of drug-likeness (QED) is 0.180. The van der Waals surface area contributed by atoms with E-state index in [1.54, 1.807) is 0 Å². The minimum absolute atomic E-state index is 0. The summed E-state index contributed by atoms with van der Waals surface area (Å²) in [5.74, 6) is -0.149. The van der Waals surface area contributed by atoms with Crippen LogP contribution in [0.15, 0.2) is 24.3 Å². The summed E-state index contributed by atoms with van der Waals surface area (Å²) >= 11 is 1.00. The van der Waals surface area contributed by atoms with Crippen molar-refractivity contribution in [1.29, 1.82) is 0 Å². The summed E-state index contributed by atoms with van der Waals surface area (Å²) in [5, 5.41) is 86.0. The molecule has 26 heavy (non-hydrogen) atoms. The molecule has 0 aliphatic heterocycles. The van der Waals surface area contributed by atoms with Gasteiger partial charge in [0.05, 0.1) is 0 Å². The first kappa shape index (κ1) is 40.5. The molecule has 0 unspecified atom stereocenters. The van der Waals surface area contributed by atoms with Crippen molar-refractivity contribution in [3.63, 3.8) is 0 Å². The Balaban J connectivity index is -0.0000000495. The summed E-state index contributed by atoms with van der Waals surface area (Å²) in [6.07, 6.45) is 0. The summed E-state index contributed by atoms with van der Waals surface area (Å²) in [6, 6.07) is 6.59. The summed E-state index contributed by atoms with van der Waals surface area (Å²) in [7, 11) is -8.67. The predicted molar refractivity (Wildman–Crippen MR) is 88.7 cm³/mol. The molecule has 1 aromatic carbocycles.